The zero-order valence-electron chi connectivity index (χ0n) is 14.0. The summed E-state index contributed by atoms with van der Waals surface area (Å²) in [6.07, 6.45) is 7.91. The van der Waals surface area contributed by atoms with Gasteiger partial charge in [0.1, 0.15) is 0 Å². The number of rotatable bonds is 6. The standard InChI is InChI=1S/C19H25N3OS/c23-19(21-10-9-18-20-11-14-24-18)17-7-5-16(6-8-17)15-22-12-3-1-2-4-13-22/h5-8,11,14H,1-4,9-10,12-13,15H2,(H,21,23). The molecule has 1 fully saturated rings. The average molecular weight is 343 g/mol. The third-order valence-electron chi connectivity index (χ3n) is 4.43. The number of hydrogen-bond donors (Lipinski definition) is 1. The summed E-state index contributed by atoms with van der Waals surface area (Å²) in [7, 11) is 0. The average Bonchev–Trinajstić information content (AvgIpc) is 2.99. The molecule has 0 atom stereocenters. The highest BCUT2D eigenvalue weighted by Gasteiger charge is 2.10. The molecule has 0 spiro atoms. The van der Waals surface area contributed by atoms with Crippen molar-refractivity contribution in [1.29, 1.82) is 0 Å². The first-order chi connectivity index (χ1) is 11.8. The molecule has 0 radical (unpaired) electrons. The molecular weight excluding hydrogens is 318 g/mol. The fourth-order valence-corrected chi connectivity index (χ4v) is 3.70. The lowest BCUT2D eigenvalue weighted by molar-refractivity contribution is 0.0954. The number of likely N-dealkylation sites (tertiary alicyclic amines) is 1. The Balaban J connectivity index is 1.47. The van der Waals surface area contributed by atoms with Gasteiger partial charge in [-0.05, 0) is 43.6 Å². The Labute approximate surface area is 147 Å². The maximum atomic E-state index is 12.2. The highest BCUT2D eigenvalue weighted by molar-refractivity contribution is 7.09. The molecule has 1 amide bonds. The molecule has 2 aromatic rings. The fourth-order valence-electron chi connectivity index (χ4n) is 3.08. The largest absolute Gasteiger partial charge is 0.352 e. The summed E-state index contributed by atoms with van der Waals surface area (Å²) in [5.74, 6) is -0.00659. The zero-order chi connectivity index (χ0) is 16.6. The van der Waals surface area contributed by atoms with E-state index in [1.165, 1.54) is 44.3 Å². The minimum absolute atomic E-state index is 0.00659. The van der Waals surface area contributed by atoms with E-state index in [0.29, 0.717) is 6.54 Å². The fraction of sp³-hybridized carbons (Fsp3) is 0.474. The Kier molecular flexibility index (Phi) is 6.38. The monoisotopic (exact) mass is 343 g/mol. The van der Waals surface area contributed by atoms with Crippen LogP contribution in [0.25, 0.3) is 0 Å². The van der Waals surface area contributed by atoms with Gasteiger partial charge >= 0.3 is 0 Å². The molecule has 1 N–H and O–H groups in total. The predicted molar refractivity (Wildman–Crippen MR) is 98.3 cm³/mol. The van der Waals surface area contributed by atoms with Gasteiger partial charge in [0.15, 0.2) is 0 Å². The van der Waals surface area contributed by atoms with Gasteiger partial charge in [-0.15, -0.1) is 11.3 Å². The first kappa shape index (κ1) is 17.1. The van der Waals surface area contributed by atoms with Crippen LogP contribution in [0.1, 0.15) is 46.6 Å². The maximum absolute atomic E-state index is 12.2. The lowest BCUT2D eigenvalue weighted by Crippen LogP contribution is -2.26. The second-order valence-electron chi connectivity index (χ2n) is 6.32. The normalized spacial score (nSPS) is 15.8. The first-order valence-electron chi connectivity index (χ1n) is 8.79. The molecule has 24 heavy (non-hydrogen) atoms. The van der Waals surface area contributed by atoms with Crippen molar-refractivity contribution in [1.82, 2.24) is 15.2 Å². The van der Waals surface area contributed by atoms with Gasteiger partial charge < -0.3 is 5.32 Å². The van der Waals surface area contributed by atoms with Crippen molar-refractivity contribution in [3.8, 4) is 0 Å². The highest BCUT2D eigenvalue weighted by Crippen LogP contribution is 2.14. The minimum Gasteiger partial charge on any atom is -0.352 e. The smallest absolute Gasteiger partial charge is 0.251 e. The Morgan fingerprint density at radius 1 is 1.12 bits per heavy atom. The first-order valence-corrected chi connectivity index (χ1v) is 9.67. The Hall–Kier alpha value is -1.72. The van der Waals surface area contributed by atoms with Crippen LogP contribution in [0.3, 0.4) is 0 Å². The van der Waals surface area contributed by atoms with Crippen LogP contribution in [0, 0.1) is 0 Å². The summed E-state index contributed by atoms with van der Waals surface area (Å²) in [4.78, 5) is 18.9. The summed E-state index contributed by atoms with van der Waals surface area (Å²) in [5.41, 5.74) is 2.02. The molecule has 0 aliphatic carbocycles. The number of aromatic nitrogens is 1. The summed E-state index contributed by atoms with van der Waals surface area (Å²) in [5, 5.41) is 5.98. The molecule has 1 saturated heterocycles. The van der Waals surface area contributed by atoms with E-state index < -0.39 is 0 Å². The summed E-state index contributed by atoms with van der Waals surface area (Å²) < 4.78 is 0. The van der Waals surface area contributed by atoms with Crippen LogP contribution < -0.4 is 5.32 Å². The van der Waals surface area contributed by atoms with Gasteiger partial charge in [-0.1, -0.05) is 25.0 Å². The molecular formula is C19H25N3OS. The zero-order valence-corrected chi connectivity index (χ0v) is 14.9. The number of hydrogen-bond acceptors (Lipinski definition) is 4. The molecule has 3 rings (SSSR count). The number of thiazole rings is 1. The van der Waals surface area contributed by atoms with Crippen LogP contribution in [-0.4, -0.2) is 35.4 Å². The number of nitrogens with zero attached hydrogens (tertiary/aromatic N) is 2. The Morgan fingerprint density at radius 2 is 1.88 bits per heavy atom. The van der Waals surface area contributed by atoms with E-state index in [0.717, 1.165) is 23.5 Å². The number of carbonyl (C=O) groups excluding carboxylic acids is 1. The van der Waals surface area contributed by atoms with E-state index in [4.69, 9.17) is 0 Å². The SMILES string of the molecule is O=C(NCCc1nccs1)c1ccc(CN2CCCCCC2)cc1. The van der Waals surface area contributed by atoms with E-state index in [2.05, 4.69) is 27.3 Å². The molecule has 128 valence electrons. The number of carbonyl (C=O) groups is 1. The van der Waals surface area contributed by atoms with Gasteiger partial charge in [-0.25, -0.2) is 4.98 Å². The van der Waals surface area contributed by atoms with Crippen molar-refractivity contribution in [2.45, 2.75) is 38.6 Å². The topological polar surface area (TPSA) is 45.2 Å². The Bertz CT molecular complexity index is 617. The molecule has 1 aliphatic heterocycles. The quantitative estimate of drug-likeness (QED) is 0.873. The van der Waals surface area contributed by atoms with Crippen molar-refractivity contribution in [3.05, 3.63) is 52.0 Å². The molecule has 5 heteroatoms. The maximum Gasteiger partial charge on any atom is 0.251 e. The van der Waals surface area contributed by atoms with Gasteiger partial charge in [0.25, 0.3) is 5.91 Å². The van der Waals surface area contributed by atoms with Crippen molar-refractivity contribution >= 4 is 17.2 Å². The van der Waals surface area contributed by atoms with E-state index in [9.17, 15) is 4.79 Å². The minimum atomic E-state index is -0.00659. The second kappa shape index (κ2) is 8.94. The third kappa shape index (κ3) is 5.14. The lowest BCUT2D eigenvalue weighted by Gasteiger charge is -2.19. The lowest BCUT2D eigenvalue weighted by atomic mass is 10.1. The van der Waals surface area contributed by atoms with Crippen LogP contribution in [0.5, 0.6) is 0 Å². The van der Waals surface area contributed by atoms with E-state index in [1.807, 2.05) is 17.5 Å². The van der Waals surface area contributed by atoms with Gasteiger partial charge in [0.2, 0.25) is 0 Å². The molecule has 2 heterocycles. The van der Waals surface area contributed by atoms with Crippen LogP contribution in [0.4, 0.5) is 0 Å². The van der Waals surface area contributed by atoms with E-state index in [1.54, 1.807) is 17.5 Å². The van der Waals surface area contributed by atoms with Crippen LogP contribution in [0.2, 0.25) is 0 Å². The van der Waals surface area contributed by atoms with Crippen molar-refractivity contribution in [3.63, 3.8) is 0 Å². The van der Waals surface area contributed by atoms with Gasteiger partial charge in [0.05, 0.1) is 5.01 Å². The Morgan fingerprint density at radius 3 is 2.54 bits per heavy atom. The van der Waals surface area contributed by atoms with Crippen LogP contribution in [-0.2, 0) is 13.0 Å². The van der Waals surface area contributed by atoms with E-state index in [-0.39, 0.29) is 5.91 Å². The summed E-state index contributed by atoms with van der Waals surface area (Å²) in [6, 6.07) is 8.04. The predicted octanol–water partition coefficient (Wildman–Crippen LogP) is 3.49. The van der Waals surface area contributed by atoms with Crippen molar-refractivity contribution < 1.29 is 4.79 Å². The van der Waals surface area contributed by atoms with E-state index >= 15 is 0 Å². The second-order valence-corrected chi connectivity index (χ2v) is 7.30. The number of nitrogens with one attached hydrogen (secondary N) is 1. The van der Waals surface area contributed by atoms with Gasteiger partial charge in [-0.3, -0.25) is 9.69 Å². The van der Waals surface area contributed by atoms with Crippen molar-refractivity contribution in [2.75, 3.05) is 19.6 Å². The van der Waals surface area contributed by atoms with Gasteiger partial charge in [0, 0.05) is 36.7 Å². The molecule has 1 aromatic heterocycles. The van der Waals surface area contributed by atoms with Crippen molar-refractivity contribution in [2.24, 2.45) is 0 Å². The third-order valence-corrected chi connectivity index (χ3v) is 5.27. The number of amides is 1. The molecule has 1 aliphatic rings. The van der Waals surface area contributed by atoms with Crippen LogP contribution in [0.15, 0.2) is 35.8 Å². The molecule has 0 unspecified atom stereocenters. The molecule has 1 aromatic carbocycles. The number of benzene rings is 1. The highest BCUT2D eigenvalue weighted by atomic mass is 32.1. The van der Waals surface area contributed by atoms with Crippen LogP contribution >= 0.6 is 11.3 Å². The summed E-state index contributed by atoms with van der Waals surface area (Å²) >= 11 is 1.62. The molecule has 0 saturated carbocycles. The molecule has 4 nitrogen and oxygen atoms in total. The summed E-state index contributed by atoms with van der Waals surface area (Å²) in [6.45, 7) is 4.01. The van der Waals surface area contributed by atoms with Gasteiger partial charge in [-0.2, -0.15) is 0 Å². The molecule has 0 bridgehead atoms.